The Morgan fingerprint density at radius 2 is 1.58 bits per heavy atom. The van der Waals surface area contributed by atoms with Crippen molar-refractivity contribution >= 4 is 15.9 Å². The number of hydrogen-bond acceptors (Lipinski definition) is 2. The van der Waals surface area contributed by atoms with Crippen molar-refractivity contribution in [3.63, 3.8) is 0 Å². The standard InChI is InChI=1S/C16H21BrO2/c1-3-18-14(19-4-2)16-9-15(10-16,11-16)12-5-7-13(17)8-6-12/h5-8,14H,3-4,9-11H2,1-2H3. The van der Waals surface area contributed by atoms with Crippen molar-refractivity contribution < 1.29 is 9.47 Å². The van der Waals surface area contributed by atoms with Crippen LogP contribution in [0.1, 0.15) is 38.7 Å². The lowest BCUT2D eigenvalue weighted by Crippen LogP contribution is -2.70. The van der Waals surface area contributed by atoms with Crippen molar-refractivity contribution in [1.82, 2.24) is 0 Å². The molecule has 0 radical (unpaired) electrons. The van der Waals surface area contributed by atoms with Crippen LogP contribution in [0, 0.1) is 5.41 Å². The zero-order valence-electron chi connectivity index (χ0n) is 11.6. The predicted octanol–water partition coefficient (Wildman–Crippen LogP) is 4.27. The van der Waals surface area contributed by atoms with E-state index in [2.05, 4.69) is 40.2 Å². The summed E-state index contributed by atoms with van der Waals surface area (Å²) >= 11 is 3.50. The first-order valence-electron chi connectivity index (χ1n) is 7.13. The zero-order chi connectivity index (χ0) is 13.5. The van der Waals surface area contributed by atoms with Gasteiger partial charge < -0.3 is 9.47 Å². The second-order valence-electron chi connectivity index (χ2n) is 5.92. The number of ether oxygens (including phenoxy) is 2. The molecule has 1 aromatic carbocycles. The number of halogens is 1. The molecule has 0 amide bonds. The normalized spacial score (nSPS) is 32.0. The summed E-state index contributed by atoms with van der Waals surface area (Å²) in [5.74, 6) is 0. The van der Waals surface area contributed by atoms with Crippen LogP contribution in [0.25, 0.3) is 0 Å². The molecular formula is C16H21BrO2. The van der Waals surface area contributed by atoms with Gasteiger partial charge in [0.15, 0.2) is 6.29 Å². The fourth-order valence-corrected chi connectivity index (χ4v) is 4.19. The molecule has 0 heterocycles. The first kappa shape index (κ1) is 13.6. The fourth-order valence-electron chi connectivity index (χ4n) is 3.93. The molecule has 2 nitrogen and oxygen atoms in total. The Hall–Kier alpha value is -0.380. The lowest BCUT2D eigenvalue weighted by Gasteiger charge is -2.72. The highest BCUT2D eigenvalue weighted by atomic mass is 79.9. The van der Waals surface area contributed by atoms with Gasteiger partial charge in [0.1, 0.15) is 0 Å². The Labute approximate surface area is 123 Å². The van der Waals surface area contributed by atoms with Crippen LogP contribution in [0.15, 0.2) is 28.7 Å². The molecule has 3 aliphatic carbocycles. The van der Waals surface area contributed by atoms with E-state index in [1.165, 1.54) is 24.8 Å². The van der Waals surface area contributed by atoms with Crippen molar-refractivity contribution in [2.75, 3.05) is 13.2 Å². The molecule has 0 aliphatic heterocycles. The molecule has 3 fully saturated rings. The van der Waals surface area contributed by atoms with Crippen molar-refractivity contribution in [3.8, 4) is 0 Å². The Balaban J connectivity index is 1.68. The summed E-state index contributed by atoms with van der Waals surface area (Å²) in [6.07, 6.45) is 3.64. The minimum absolute atomic E-state index is 0.000164. The van der Waals surface area contributed by atoms with Crippen molar-refractivity contribution in [3.05, 3.63) is 34.3 Å². The summed E-state index contributed by atoms with van der Waals surface area (Å²) in [4.78, 5) is 0. The van der Waals surface area contributed by atoms with Gasteiger partial charge in [-0.3, -0.25) is 0 Å². The van der Waals surface area contributed by atoms with Gasteiger partial charge in [0.25, 0.3) is 0 Å². The third-order valence-electron chi connectivity index (χ3n) is 4.66. The van der Waals surface area contributed by atoms with E-state index in [9.17, 15) is 0 Å². The van der Waals surface area contributed by atoms with Crippen molar-refractivity contribution in [1.29, 1.82) is 0 Å². The SMILES string of the molecule is CCOC(OCC)C12CC(c3ccc(Br)cc3)(C1)C2. The molecule has 104 valence electrons. The molecule has 0 unspecified atom stereocenters. The smallest absolute Gasteiger partial charge is 0.163 e. The summed E-state index contributed by atoms with van der Waals surface area (Å²) in [6, 6.07) is 8.79. The van der Waals surface area contributed by atoms with E-state index >= 15 is 0 Å². The molecule has 4 rings (SSSR count). The molecule has 0 aromatic heterocycles. The molecule has 0 atom stereocenters. The van der Waals surface area contributed by atoms with Gasteiger partial charge in [0.2, 0.25) is 0 Å². The molecule has 0 saturated heterocycles. The maximum Gasteiger partial charge on any atom is 0.163 e. The van der Waals surface area contributed by atoms with E-state index < -0.39 is 0 Å². The van der Waals surface area contributed by atoms with Crippen LogP contribution >= 0.6 is 15.9 Å². The van der Waals surface area contributed by atoms with Crippen molar-refractivity contribution in [2.24, 2.45) is 5.41 Å². The van der Waals surface area contributed by atoms with Crippen molar-refractivity contribution in [2.45, 2.75) is 44.8 Å². The fraction of sp³-hybridized carbons (Fsp3) is 0.625. The maximum atomic E-state index is 5.80. The zero-order valence-corrected chi connectivity index (χ0v) is 13.2. The van der Waals surface area contributed by atoms with Gasteiger partial charge in [-0.1, -0.05) is 28.1 Å². The highest BCUT2D eigenvalue weighted by Crippen LogP contribution is 2.75. The van der Waals surface area contributed by atoms with E-state index in [-0.39, 0.29) is 6.29 Å². The van der Waals surface area contributed by atoms with Gasteiger partial charge in [-0.25, -0.2) is 0 Å². The number of rotatable bonds is 6. The average molecular weight is 325 g/mol. The van der Waals surface area contributed by atoms with E-state index in [0.29, 0.717) is 10.8 Å². The summed E-state index contributed by atoms with van der Waals surface area (Å²) in [7, 11) is 0. The van der Waals surface area contributed by atoms with Gasteiger partial charge in [-0.15, -0.1) is 0 Å². The lowest BCUT2D eigenvalue weighted by atomic mass is 9.33. The Bertz CT molecular complexity index is 429. The topological polar surface area (TPSA) is 18.5 Å². The molecule has 3 saturated carbocycles. The van der Waals surface area contributed by atoms with Gasteiger partial charge >= 0.3 is 0 Å². The van der Waals surface area contributed by atoms with Gasteiger partial charge in [-0.2, -0.15) is 0 Å². The van der Waals surface area contributed by atoms with Crippen LogP contribution in [0.3, 0.4) is 0 Å². The first-order chi connectivity index (χ1) is 9.14. The number of hydrogen-bond donors (Lipinski definition) is 0. The van der Waals surface area contributed by atoms with E-state index in [1.807, 2.05) is 13.8 Å². The predicted molar refractivity (Wildman–Crippen MR) is 79.1 cm³/mol. The van der Waals surface area contributed by atoms with E-state index in [1.54, 1.807) is 0 Å². The van der Waals surface area contributed by atoms with E-state index in [4.69, 9.17) is 9.47 Å². The lowest BCUT2D eigenvalue weighted by molar-refractivity contribution is -0.306. The second-order valence-corrected chi connectivity index (χ2v) is 6.84. The van der Waals surface area contributed by atoms with Gasteiger partial charge in [-0.05, 0) is 56.2 Å². The molecule has 3 aliphatic rings. The second kappa shape index (κ2) is 4.87. The monoisotopic (exact) mass is 324 g/mol. The molecule has 1 aromatic rings. The molecule has 2 bridgehead atoms. The average Bonchev–Trinajstić information content (AvgIpc) is 2.29. The largest absolute Gasteiger partial charge is 0.352 e. The Kier molecular flexibility index (Phi) is 3.48. The number of benzene rings is 1. The summed E-state index contributed by atoms with van der Waals surface area (Å²) in [5, 5.41) is 0. The van der Waals surface area contributed by atoms with E-state index in [0.717, 1.165) is 17.7 Å². The summed E-state index contributed by atoms with van der Waals surface area (Å²) < 4.78 is 12.7. The van der Waals surface area contributed by atoms with Crippen LogP contribution in [0.5, 0.6) is 0 Å². The van der Waals surface area contributed by atoms with Gasteiger partial charge in [0.05, 0.1) is 0 Å². The summed E-state index contributed by atoms with van der Waals surface area (Å²) in [5.41, 5.74) is 2.18. The molecule has 19 heavy (non-hydrogen) atoms. The highest BCUT2D eigenvalue weighted by Gasteiger charge is 2.71. The highest BCUT2D eigenvalue weighted by molar-refractivity contribution is 9.10. The van der Waals surface area contributed by atoms with Crippen LogP contribution in [-0.4, -0.2) is 19.5 Å². The minimum atomic E-state index is -0.000164. The quantitative estimate of drug-likeness (QED) is 0.727. The van der Waals surface area contributed by atoms with Crippen LogP contribution in [0.4, 0.5) is 0 Å². The first-order valence-corrected chi connectivity index (χ1v) is 7.93. The Morgan fingerprint density at radius 1 is 1.05 bits per heavy atom. The third-order valence-corrected chi connectivity index (χ3v) is 5.19. The maximum absolute atomic E-state index is 5.80. The Morgan fingerprint density at radius 3 is 2.05 bits per heavy atom. The molecular weight excluding hydrogens is 304 g/mol. The summed E-state index contributed by atoms with van der Waals surface area (Å²) in [6.45, 7) is 5.55. The molecule has 0 N–H and O–H groups in total. The van der Waals surface area contributed by atoms with Crippen LogP contribution in [0.2, 0.25) is 0 Å². The molecule has 0 spiro atoms. The third kappa shape index (κ3) is 2.07. The van der Waals surface area contributed by atoms with Gasteiger partial charge in [0, 0.05) is 23.1 Å². The minimum Gasteiger partial charge on any atom is -0.352 e. The van der Waals surface area contributed by atoms with Crippen LogP contribution < -0.4 is 0 Å². The van der Waals surface area contributed by atoms with Crippen LogP contribution in [-0.2, 0) is 14.9 Å². The molecule has 3 heteroatoms.